The van der Waals surface area contributed by atoms with Crippen LogP contribution in [0, 0.1) is 5.82 Å². The van der Waals surface area contributed by atoms with Crippen LogP contribution in [0.2, 0.25) is 0 Å². The topological polar surface area (TPSA) is 66.5 Å². The predicted octanol–water partition coefficient (Wildman–Crippen LogP) is 2.72. The molecule has 3 atom stereocenters. The summed E-state index contributed by atoms with van der Waals surface area (Å²) in [5, 5.41) is 19.7. The lowest BCUT2D eigenvalue weighted by Crippen LogP contribution is -2.56. The molecular formula is C13H15F4NO2. The molecule has 0 saturated heterocycles. The maximum Gasteiger partial charge on any atom is 0.419 e. The van der Waals surface area contributed by atoms with E-state index in [0.717, 1.165) is 12.1 Å². The summed E-state index contributed by atoms with van der Waals surface area (Å²) in [4.78, 5) is 0. The Labute approximate surface area is 113 Å². The highest BCUT2D eigenvalue weighted by molar-refractivity contribution is 5.48. The minimum Gasteiger partial charge on any atom is -0.505 e. The first-order valence-corrected chi connectivity index (χ1v) is 6.19. The van der Waals surface area contributed by atoms with Crippen LogP contribution in [0.1, 0.15) is 42.9 Å². The molecule has 0 radical (unpaired) electrons. The summed E-state index contributed by atoms with van der Waals surface area (Å²) < 4.78 is 52.7. The second kappa shape index (κ2) is 4.60. The van der Waals surface area contributed by atoms with Crippen molar-refractivity contribution in [2.45, 2.75) is 43.5 Å². The van der Waals surface area contributed by atoms with Crippen molar-refractivity contribution in [3.63, 3.8) is 0 Å². The van der Waals surface area contributed by atoms with Crippen molar-refractivity contribution in [1.82, 2.24) is 0 Å². The van der Waals surface area contributed by atoms with E-state index in [4.69, 9.17) is 5.73 Å². The molecule has 0 spiro atoms. The first-order chi connectivity index (χ1) is 9.13. The maximum atomic E-state index is 13.4. The van der Waals surface area contributed by atoms with Gasteiger partial charge in [-0.15, -0.1) is 0 Å². The van der Waals surface area contributed by atoms with Gasteiger partial charge in [-0.05, 0) is 30.4 Å². The van der Waals surface area contributed by atoms with Gasteiger partial charge in [-0.2, -0.15) is 13.2 Å². The van der Waals surface area contributed by atoms with Gasteiger partial charge in [0.15, 0.2) is 17.2 Å². The Hall–Kier alpha value is -1.34. The number of rotatable bonds is 1. The summed E-state index contributed by atoms with van der Waals surface area (Å²) in [5.74, 6) is -2.41. The number of halogens is 4. The van der Waals surface area contributed by atoms with E-state index < -0.39 is 41.7 Å². The standard InChI is InChI=1S/C13H15F4NO2/c1-2-6-5-12(20,13(15,16)17)11(18)7-3-4-8(14)10(19)9(6)7/h3-4,6,11,19-20H,2,5,18H2,1H3/t6-,11+,12-/m1/s1. The normalized spacial score (nSPS) is 30.1. The number of aliphatic hydroxyl groups is 1. The molecule has 1 aliphatic rings. The number of hydrogen-bond acceptors (Lipinski definition) is 3. The van der Waals surface area contributed by atoms with Crippen LogP contribution in [0.5, 0.6) is 5.75 Å². The minimum atomic E-state index is -4.90. The van der Waals surface area contributed by atoms with Crippen molar-refractivity contribution in [3.8, 4) is 5.75 Å². The predicted molar refractivity (Wildman–Crippen MR) is 63.6 cm³/mol. The van der Waals surface area contributed by atoms with Gasteiger partial charge < -0.3 is 15.9 Å². The highest BCUT2D eigenvalue weighted by Gasteiger charge is 2.61. The number of phenols is 1. The minimum absolute atomic E-state index is 0.0638. The second-order valence-corrected chi connectivity index (χ2v) is 5.11. The van der Waals surface area contributed by atoms with Crippen LogP contribution in [-0.4, -0.2) is 22.0 Å². The lowest BCUT2D eigenvalue weighted by molar-refractivity contribution is -0.275. The van der Waals surface area contributed by atoms with E-state index in [1.54, 1.807) is 6.92 Å². The fourth-order valence-corrected chi connectivity index (χ4v) is 2.80. The van der Waals surface area contributed by atoms with E-state index in [1.807, 2.05) is 0 Å². The number of alkyl halides is 3. The Bertz CT molecular complexity index is 532. The lowest BCUT2D eigenvalue weighted by Gasteiger charge is -2.43. The Morgan fingerprint density at radius 3 is 2.50 bits per heavy atom. The lowest BCUT2D eigenvalue weighted by atomic mass is 9.69. The molecule has 0 amide bonds. The van der Waals surface area contributed by atoms with E-state index in [1.165, 1.54) is 0 Å². The summed E-state index contributed by atoms with van der Waals surface area (Å²) in [5.41, 5.74) is 2.46. The largest absolute Gasteiger partial charge is 0.505 e. The van der Waals surface area contributed by atoms with E-state index in [9.17, 15) is 27.8 Å². The third-order valence-corrected chi connectivity index (χ3v) is 4.00. The maximum absolute atomic E-state index is 13.4. The van der Waals surface area contributed by atoms with E-state index >= 15 is 0 Å². The summed E-state index contributed by atoms with van der Waals surface area (Å²) in [6, 6.07) is 0.183. The zero-order chi connectivity index (χ0) is 15.3. The third-order valence-electron chi connectivity index (χ3n) is 4.00. The van der Waals surface area contributed by atoms with E-state index in [2.05, 4.69) is 0 Å². The number of aromatic hydroxyl groups is 1. The third kappa shape index (κ3) is 1.96. The molecule has 0 aromatic heterocycles. The molecule has 2 rings (SSSR count). The van der Waals surface area contributed by atoms with Crippen molar-refractivity contribution in [1.29, 1.82) is 0 Å². The molecule has 3 nitrogen and oxygen atoms in total. The molecule has 20 heavy (non-hydrogen) atoms. The number of phenolic OH excluding ortho intramolecular Hbond substituents is 1. The number of hydrogen-bond donors (Lipinski definition) is 3. The summed E-state index contributed by atoms with van der Waals surface area (Å²) in [6.45, 7) is 1.60. The van der Waals surface area contributed by atoms with Crippen LogP contribution in [0.3, 0.4) is 0 Å². The van der Waals surface area contributed by atoms with E-state index in [0.29, 0.717) is 0 Å². The molecule has 112 valence electrons. The molecule has 1 aromatic carbocycles. The van der Waals surface area contributed by atoms with Crippen LogP contribution >= 0.6 is 0 Å². The van der Waals surface area contributed by atoms with Crippen LogP contribution < -0.4 is 5.73 Å². The van der Waals surface area contributed by atoms with Crippen molar-refractivity contribution < 1.29 is 27.8 Å². The number of nitrogens with two attached hydrogens (primary N) is 1. The molecule has 7 heteroatoms. The van der Waals surface area contributed by atoms with Crippen LogP contribution in [0.4, 0.5) is 17.6 Å². The second-order valence-electron chi connectivity index (χ2n) is 5.11. The van der Waals surface area contributed by atoms with Crippen molar-refractivity contribution in [2.24, 2.45) is 5.73 Å². The van der Waals surface area contributed by atoms with Crippen molar-refractivity contribution >= 4 is 0 Å². The monoisotopic (exact) mass is 293 g/mol. The quantitative estimate of drug-likeness (QED) is 0.697. The Kier molecular flexibility index (Phi) is 3.46. The zero-order valence-corrected chi connectivity index (χ0v) is 10.7. The average Bonchev–Trinajstić information content (AvgIpc) is 2.36. The summed E-state index contributed by atoms with van der Waals surface area (Å²) in [6.07, 6.45) is -5.38. The molecule has 0 aliphatic heterocycles. The van der Waals surface area contributed by atoms with Gasteiger partial charge in [0.1, 0.15) is 0 Å². The molecule has 1 aromatic rings. The van der Waals surface area contributed by atoms with Gasteiger partial charge in [0.2, 0.25) is 0 Å². The molecule has 0 unspecified atom stereocenters. The summed E-state index contributed by atoms with van der Waals surface area (Å²) >= 11 is 0. The van der Waals surface area contributed by atoms with Gasteiger partial charge in [-0.1, -0.05) is 13.0 Å². The van der Waals surface area contributed by atoms with Crippen LogP contribution in [0.15, 0.2) is 12.1 Å². The zero-order valence-electron chi connectivity index (χ0n) is 10.7. The SMILES string of the molecule is CC[C@@H]1C[C@](O)(C(F)(F)F)[C@@H](N)c2ccc(F)c(O)c21. The highest BCUT2D eigenvalue weighted by Crippen LogP contribution is 2.53. The van der Waals surface area contributed by atoms with Gasteiger partial charge in [-0.25, -0.2) is 4.39 Å². The van der Waals surface area contributed by atoms with Gasteiger partial charge in [0.05, 0.1) is 6.04 Å². The molecule has 4 N–H and O–H groups in total. The number of benzene rings is 1. The van der Waals surface area contributed by atoms with Gasteiger partial charge in [0.25, 0.3) is 0 Å². The van der Waals surface area contributed by atoms with Crippen molar-refractivity contribution in [2.75, 3.05) is 0 Å². The van der Waals surface area contributed by atoms with Gasteiger partial charge >= 0.3 is 6.18 Å². The number of fused-ring (bicyclic) bond motifs is 1. The first kappa shape index (κ1) is 15.1. The molecule has 0 bridgehead atoms. The average molecular weight is 293 g/mol. The highest BCUT2D eigenvalue weighted by atomic mass is 19.4. The molecule has 0 fully saturated rings. The molecule has 0 heterocycles. The molecular weight excluding hydrogens is 278 g/mol. The van der Waals surface area contributed by atoms with E-state index in [-0.39, 0.29) is 17.5 Å². The Balaban J connectivity index is 2.65. The molecule has 0 saturated carbocycles. The van der Waals surface area contributed by atoms with Gasteiger partial charge in [-0.3, -0.25) is 0 Å². The summed E-state index contributed by atoms with van der Waals surface area (Å²) in [7, 11) is 0. The fraction of sp³-hybridized carbons (Fsp3) is 0.538. The van der Waals surface area contributed by atoms with Crippen molar-refractivity contribution in [3.05, 3.63) is 29.1 Å². The molecule has 1 aliphatic carbocycles. The first-order valence-electron chi connectivity index (χ1n) is 6.19. The fourth-order valence-electron chi connectivity index (χ4n) is 2.80. The Morgan fingerprint density at radius 1 is 1.40 bits per heavy atom. The Morgan fingerprint density at radius 2 is 2.00 bits per heavy atom. The van der Waals surface area contributed by atoms with Crippen LogP contribution in [0.25, 0.3) is 0 Å². The van der Waals surface area contributed by atoms with Crippen LogP contribution in [-0.2, 0) is 0 Å². The van der Waals surface area contributed by atoms with Gasteiger partial charge in [0, 0.05) is 5.56 Å². The smallest absolute Gasteiger partial charge is 0.419 e.